The van der Waals surface area contributed by atoms with Crippen molar-refractivity contribution in [3.05, 3.63) is 23.2 Å². The number of amides is 1. The number of piperidine rings is 1. The van der Waals surface area contributed by atoms with E-state index < -0.39 is 10.0 Å². The van der Waals surface area contributed by atoms with Gasteiger partial charge in [0.1, 0.15) is 10.6 Å². The van der Waals surface area contributed by atoms with Gasteiger partial charge in [0.05, 0.1) is 7.11 Å². The molecule has 6 nitrogen and oxygen atoms in total. The molecular weight excluding hydrogens is 376 g/mol. The highest BCUT2D eigenvalue weighted by molar-refractivity contribution is 7.89. The molecule has 8 heteroatoms. The summed E-state index contributed by atoms with van der Waals surface area (Å²) < 4.78 is 32.4. The van der Waals surface area contributed by atoms with Gasteiger partial charge in [-0.2, -0.15) is 4.31 Å². The topological polar surface area (TPSA) is 75.7 Å². The third kappa shape index (κ3) is 5.11. The number of benzene rings is 1. The molecular formula is C18H27ClN2O4S. The van der Waals surface area contributed by atoms with Crippen LogP contribution in [0.1, 0.15) is 33.1 Å². The van der Waals surface area contributed by atoms with Crippen LogP contribution in [0.5, 0.6) is 5.75 Å². The summed E-state index contributed by atoms with van der Waals surface area (Å²) in [5.41, 5.74) is 0. The monoisotopic (exact) mass is 402 g/mol. The summed E-state index contributed by atoms with van der Waals surface area (Å²) in [6.45, 7) is 5.49. The van der Waals surface area contributed by atoms with Crippen molar-refractivity contribution in [3.8, 4) is 5.75 Å². The lowest BCUT2D eigenvalue weighted by molar-refractivity contribution is -0.126. The van der Waals surface area contributed by atoms with Crippen LogP contribution in [0.25, 0.3) is 0 Å². The number of sulfonamides is 1. The summed E-state index contributed by atoms with van der Waals surface area (Å²) >= 11 is 5.96. The number of hydrogen-bond donors (Lipinski definition) is 1. The van der Waals surface area contributed by atoms with E-state index in [0.717, 1.165) is 6.42 Å². The molecule has 1 amide bonds. The molecule has 1 fully saturated rings. The quantitative estimate of drug-likeness (QED) is 0.760. The van der Waals surface area contributed by atoms with Crippen molar-refractivity contribution in [2.75, 3.05) is 26.7 Å². The molecule has 1 saturated heterocycles. The van der Waals surface area contributed by atoms with Gasteiger partial charge in [-0.15, -0.1) is 0 Å². The Morgan fingerprint density at radius 1 is 1.35 bits per heavy atom. The molecule has 0 radical (unpaired) electrons. The van der Waals surface area contributed by atoms with Crippen LogP contribution in [0, 0.1) is 11.8 Å². The molecule has 0 bridgehead atoms. The van der Waals surface area contributed by atoms with Crippen molar-refractivity contribution in [2.45, 2.75) is 38.0 Å². The van der Waals surface area contributed by atoms with Crippen molar-refractivity contribution in [1.82, 2.24) is 9.62 Å². The van der Waals surface area contributed by atoms with Crippen LogP contribution >= 0.6 is 11.6 Å². The minimum Gasteiger partial charge on any atom is -0.495 e. The standard InChI is InChI=1S/C18H27ClN2O4S/c1-13(2)6-9-20-18(22)14-7-10-21(11-8-14)26(23,24)17-12-15(19)4-5-16(17)25-3/h4-5,12-14H,6-11H2,1-3H3,(H,20,22). The lowest BCUT2D eigenvalue weighted by Gasteiger charge is -2.31. The molecule has 2 rings (SSSR count). The van der Waals surface area contributed by atoms with Crippen molar-refractivity contribution >= 4 is 27.5 Å². The fraction of sp³-hybridized carbons (Fsp3) is 0.611. The van der Waals surface area contributed by atoms with E-state index in [9.17, 15) is 13.2 Å². The molecule has 1 N–H and O–H groups in total. The van der Waals surface area contributed by atoms with Crippen LogP contribution in [0.2, 0.25) is 5.02 Å². The minimum atomic E-state index is -3.71. The van der Waals surface area contributed by atoms with Gasteiger partial charge in [-0.05, 0) is 43.4 Å². The highest BCUT2D eigenvalue weighted by atomic mass is 35.5. The molecule has 1 aromatic rings. The maximum atomic E-state index is 12.9. The fourth-order valence-electron chi connectivity index (χ4n) is 2.98. The Labute approximate surface area is 160 Å². The van der Waals surface area contributed by atoms with Crippen LogP contribution < -0.4 is 10.1 Å². The predicted octanol–water partition coefficient (Wildman–Crippen LogP) is 2.91. The SMILES string of the molecule is COc1ccc(Cl)cc1S(=O)(=O)N1CCC(C(=O)NCCC(C)C)CC1. The van der Waals surface area contributed by atoms with Crippen LogP contribution in [0.15, 0.2) is 23.1 Å². The van der Waals surface area contributed by atoms with Gasteiger partial charge in [0.2, 0.25) is 15.9 Å². The Morgan fingerprint density at radius 3 is 2.58 bits per heavy atom. The molecule has 1 heterocycles. The number of nitrogens with zero attached hydrogens (tertiary/aromatic N) is 1. The zero-order valence-electron chi connectivity index (χ0n) is 15.5. The van der Waals surface area contributed by atoms with E-state index in [-0.39, 0.29) is 22.5 Å². The van der Waals surface area contributed by atoms with Crippen molar-refractivity contribution in [3.63, 3.8) is 0 Å². The Morgan fingerprint density at radius 2 is 2.00 bits per heavy atom. The van der Waals surface area contributed by atoms with Crippen molar-refractivity contribution < 1.29 is 17.9 Å². The fourth-order valence-corrected chi connectivity index (χ4v) is 4.87. The normalized spacial score (nSPS) is 16.7. The summed E-state index contributed by atoms with van der Waals surface area (Å²) in [6.07, 6.45) is 1.96. The van der Waals surface area contributed by atoms with Gasteiger partial charge < -0.3 is 10.1 Å². The first kappa shape index (κ1) is 21.0. The van der Waals surface area contributed by atoms with Gasteiger partial charge in [-0.1, -0.05) is 25.4 Å². The van der Waals surface area contributed by atoms with E-state index in [4.69, 9.17) is 16.3 Å². The van der Waals surface area contributed by atoms with Crippen LogP contribution in [-0.4, -0.2) is 45.4 Å². The van der Waals surface area contributed by atoms with Gasteiger partial charge in [0, 0.05) is 30.6 Å². The van der Waals surface area contributed by atoms with Gasteiger partial charge in [-0.3, -0.25) is 4.79 Å². The molecule has 1 aromatic carbocycles. The average Bonchev–Trinajstić information content (AvgIpc) is 2.61. The van der Waals surface area contributed by atoms with Crippen LogP contribution in [0.3, 0.4) is 0 Å². The molecule has 0 unspecified atom stereocenters. The molecule has 0 spiro atoms. The Kier molecular flexibility index (Phi) is 7.32. The van der Waals surface area contributed by atoms with Gasteiger partial charge in [-0.25, -0.2) is 8.42 Å². The van der Waals surface area contributed by atoms with Crippen molar-refractivity contribution in [2.24, 2.45) is 11.8 Å². The van der Waals surface area contributed by atoms with Gasteiger partial charge in [0.15, 0.2) is 0 Å². The number of halogens is 1. The number of carbonyl (C=O) groups is 1. The summed E-state index contributed by atoms with van der Waals surface area (Å²) in [6, 6.07) is 4.54. The van der Waals surface area contributed by atoms with Gasteiger partial charge in [0.25, 0.3) is 0 Å². The lowest BCUT2D eigenvalue weighted by atomic mass is 9.97. The zero-order valence-corrected chi connectivity index (χ0v) is 17.1. The van der Waals surface area contributed by atoms with E-state index in [0.29, 0.717) is 43.4 Å². The first-order valence-corrected chi connectivity index (χ1v) is 10.7. The molecule has 26 heavy (non-hydrogen) atoms. The number of rotatable bonds is 7. The minimum absolute atomic E-state index is 0.0167. The number of ether oxygens (including phenoxy) is 1. The first-order chi connectivity index (χ1) is 12.3. The predicted molar refractivity (Wildman–Crippen MR) is 102 cm³/mol. The van der Waals surface area contributed by atoms with Gasteiger partial charge >= 0.3 is 0 Å². The second-order valence-corrected chi connectivity index (χ2v) is 9.29. The third-order valence-electron chi connectivity index (χ3n) is 4.59. The smallest absolute Gasteiger partial charge is 0.246 e. The average molecular weight is 403 g/mol. The summed E-state index contributed by atoms with van der Waals surface area (Å²) in [5.74, 6) is 0.677. The summed E-state index contributed by atoms with van der Waals surface area (Å²) in [4.78, 5) is 12.3. The molecule has 1 aliphatic rings. The number of methoxy groups -OCH3 is 1. The largest absolute Gasteiger partial charge is 0.495 e. The Bertz CT molecular complexity index is 729. The third-order valence-corrected chi connectivity index (χ3v) is 6.74. The van der Waals surface area contributed by atoms with Crippen molar-refractivity contribution in [1.29, 1.82) is 0 Å². The number of hydrogen-bond acceptors (Lipinski definition) is 4. The molecule has 0 saturated carbocycles. The highest BCUT2D eigenvalue weighted by Gasteiger charge is 2.33. The second-order valence-electron chi connectivity index (χ2n) is 6.95. The molecule has 1 aliphatic heterocycles. The maximum absolute atomic E-state index is 12.9. The Hall–Kier alpha value is -1.31. The summed E-state index contributed by atoms with van der Waals surface area (Å²) in [5, 5.41) is 3.29. The molecule has 0 aliphatic carbocycles. The lowest BCUT2D eigenvalue weighted by Crippen LogP contribution is -2.43. The summed E-state index contributed by atoms with van der Waals surface area (Å²) in [7, 11) is -2.29. The van der Waals surface area contributed by atoms with Crippen LogP contribution in [-0.2, 0) is 14.8 Å². The maximum Gasteiger partial charge on any atom is 0.246 e. The first-order valence-electron chi connectivity index (χ1n) is 8.87. The molecule has 0 aromatic heterocycles. The van der Waals surface area contributed by atoms with Crippen LogP contribution in [0.4, 0.5) is 0 Å². The van der Waals surface area contributed by atoms with E-state index in [1.54, 1.807) is 12.1 Å². The van der Waals surface area contributed by atoms with E-state index in [1.165, 1.54) is 17.5 Å². The number of carbonyl (C=O) groups excluding carboxylic acids is 1. The van der Waals surface area contributed by atoms with E-state index in [1.807, 2.05) is 0 Å². The highest BCUT2D eigenvalue weighted by Crippen LogP contribution is 2.31. The second kappa shape index (κ2) is 9.06. The number of nitrogens with one attached hydrogen (secondary N) is 1. The molecule has 0 atom stereocenters. The van der Waals surface area contributed by atoms with E-state index in [2.05, 4.69) is 19.2 Å². The molecule has 146 valence electrons. The van der Waals surface area contributed by atoms with E-state index >= 15 is 0 Å². The zero-order chi connectivity index (χ0) is 19.3. The Balaban J connectivity index is 2.01.